The molecule has 23 heavy (non-hydrogen) atoms. The van der Waals surface area contributed by atoms with Gasteiger partial charge in [-0.25, -0.2) is 0 Å². The maximum atomic E-state index is 12.6. The molecule has 1 fully saturated rings. The number of ether oxygens (including phenoxy) is 2. The topological polar surface area (TPSA) is 67.9 Å². The molecule has 1 aliphatic heterocycles. The predicted octanol–water partition coefficient (Wildman–Crippen LogP) is 1.06. The van der Waals surface area contributed by atoms with Crippen LogP contribution in [-0.4, -0.2) is 55.7 Å². The van der Waals surface area contributed by atoms with Crippen molar-refractivity contribution in [2.75, 3.05) is 32.9 Å². The molecule has 0 aromatic heterocycles. The Labute approximate surface area is 136 Å². The highest BCUT2D eigenvalue weighted by Crippen LogP contribution is 2.10. The first-order valence-corrected chi connectivity index (χ1v) is 7.91. The number of morpholine rings is 1. The van der Waals surface area contributed by atoms with Crippen molar-refractivity contribution in [1.82, 2.24) is 10.2 Å². The average Bonchev–Trinajstić information content (AvgIpc) is 2.58. The lowest BCUT2D eigenvalue weighted by Gasteiger charge is -2.32. The summed E-state index contributed by atoms with van der Waals surface area (Å²) in [5.41, 5.74) is 0. The molecule has 1 aromatic carbocycles. The van der Waals surface area contributed by atoms with Gasteiger partial charge in [0, 0.05) is 13.1 Å². The summed E-state index contributed by atoms with van der Waals surface area (Å²) in [7, 11) is 0. The number of carbonyl (C=O) groups excluding carboxylic acids is 2. The fourth-order valence-corrected chi connectivity index (χ4v) is 2.37. The van der Waals surface area contributed by atoms with Gasteiger partial charge in [-0.2, -0.15) is 0 Å². The largest absolute Gasteiger partial charge is 0.484 e. The molecule has 1 saturated heterocycles. The first-order valence-electron chi connectivity index (χ1n) is 7.91. The summed E-state index contributed by atoms with van der Waals surface area (Å²) in [6, 6.07) is 8.58. The van der Waals surface area contributed by atoms with Crippen LogP contribution in [0.25, 0.3) is 0 Å². The van der Waals surface area contributed by atoms with E-state index in [4.69, 9.17) is 9.47 Å². The van der Waals surface area contributed by atoms with Crippen molar-refractivity contribution < 1.29 is 19.1 Å². The Balaban J connectivity index is 1.87. The Kier molecular flexibility index (Phi) is 6.40. The van der Waals surface area contributed by atoms with Gasteiger partial charge in [0.1, 0.15) is 11.8 Å². The van der Waals surface area contributed by atoms with Crippen molar-refractivity contribution in [3.05, 3.63) is 30.3 Å². The highest BCUT2D eigenvalue weighted by molar-refractivity contribution is 5.88. The number of nitrogens with one attached hydrogen (secondary N) is 1. The number of amides is 2. The minimum absolute atomic E-state index is 0.00557. The van der Waals surface area contributed by atoms with Crippen LogP contribution in [0.2, 0.25) is 0 Å². The second kappa shape index (κ2) is 8.53. The highest BCUT2D eigenvalue weighted by atomic mass is 16.5. The summed E-state index contributed by atoms with van der Waals surface area (Å²) >= 11 is 0. The SMILES string of the molecule is CC(C)[C@@H](NC(=O)COc1ccccc1)C(=O)N1CCOCC1. The molecule has 0 radical (unpaired) electrons. The first-order chi connectivity index (χ1) is 11.1. The van der Waals surface area contributed by atoms with Crippen LogP contribution in [0, 0.1) is 5.92 Å². The van der Waals surface area contributed by atoms with Crippen molar-refractivity contribution >= 4 is 11.8 Å². The zero-order chi connectivity index (χ0) is 16.7. The molecule has 1 aliphatic rings. The Morgan fingerprint density at radius 3 is 2.48 bits per heavy atom. The van der Waals surface area contributed by atoms with Crippen LogP contribution >= 0.6 is 0 Å². The predicted molar refractivity (Wildman–Crippen MR) is 86.1 cm³/mol. The number of hydrogen-bond donors (Lipinski definition) is 1. The second-order valence-corrected chi connectivity index (χ2v) is 5.83. The zero-order valence-corrected chi connectivity index (χ0v) is 13.7. The third-order valence-corrected chi connectivity index (χ3v) is 3.69. The van der Waals surface area contributed by atoms with Gasteiger partial charge >= 0.3 is 0 Å². The molecular formula is C17H24N2O4. The highest BCUT2D eigenvalue weighted by Gasteiger charge is 2.29. The van der Waals surface area contributed by atoms with Gasteiger partial charge < -0.3 is 19.7 Å². The van der Waals surface area contributed by atoms with Crippen LogP contribution in [0.5, 0.6) is 5.75 Å². The van der Waals surface area contributed by atoms with Gasteiger partial charge in [0.15, 0.2) is 6.61 Å². The first kappa shape index (κ1) is 17.3. The molecule has 2 rings (SSSR count). The maximum absolute atomic E-state index is 12.6. The van der Waals surface area contributed by atoms with E-state index in [1.165, 1.54) is 0 Å². The number of rotatable bonds is 6. The number of carbonyl (C=O) groups is 2. The Hall–Kier alpha value is -2.08. The van der Waals surface area contributed by atoms with Gasteiger partial charge in [0.2, 0.25) is 5.91 Å². The minimum atomic E-state index is -0.542. The lowest BCUT2D eigenvalue weighted by Crippen LogP contribution is -2.54. The van der Waals surface area contributed by atoms with Crippen LogP contribution in [-0.2, 0) is 14.3 Å². The van der Waals surface area contributed by atoms with E-state index in [9.17, 15) is 9.59 Å². The lowest BCUT2D eigenvalue weighted by atomic mass is 10.0. The van der Waals surface area contributed by atoms with Gasteiger partial charge in [-0.3, -0.25) is 9.59 Å². The molecule has 1 N–H and O–H groups in total. The summed E-state index contributed by atoms with van der Waals surface area (Å²) in [6.07, 6.45) is 0. The minimum Gasteiger partial charge on any atom is -0.484 e. The van der Waals surface area contributed by atoms with Crippen molar-refractivity contribution in [1.29, 1.82) is 0 Å². The van der Waals surface area contributed by atoms with Crippen LogP contribution < -0.4 is 10.1 Å². The smallest absolute Gasteiger partial charge is 0.258 e. The lowest BCUT2D eigenvalue weighted by molar-refractivity contribution is -0.141. The van der Waals surface area contributed by atoms with Crippen molar-refractivity contribution in [2.24, 2.45) is 5.92 Å². The summed E-state index contributed by atoms with van der Waals surface area (Å²) in [6.45, 7) is 5.95. The van der Waals surface area contributed by atoms with E-state index >= 15 is 0 Å². The zero-order valence-electron chi connectivity index (χ0n) is 13.7. The van der Waals surface area contributed by atoms with Gasteiger partial charge in [-0.05, 0) is 18.1 Å². The van der Waals surface area contributed by atoms with Crippen LogP contribution in [0.3, 0.4) is 0 Å². The molecule has 0 bridgehead atoms. The molecule has 6 nitrogen and oxygen atoms in total. The molecule has 6 heteroatoms. The standard InChI is InChI=1S/C17H24N2O4/c1-13(2)16(17(21)19-8-10-22-11-9-19)18-15(20)12-23-14-6-4-3-5-7-14/h3-7,13,16H,8-12H2,1-2H3,(H,18,20)/t16-/m1/s1. The molecule has 0 aliphatic carbocycles. The van der Waals surface area contributed by atoms with Crippen molar-refractivity contribution in [3.8, 4) is 5.75 Å². The average molecular weight is 320 g/mol. The maximum Gasteiger partial charge on any atom is 0.258 e. The third-order valence-electron chi connectivity index (χ3n) is 3.69. The molecule has 2 amide bonds. The van der Waals surface area contributed by atoms with E-state index in [1.807, 2.05) is 32.0 Å². The Morgan fingerprint density at radius 1 is 1.22 bits per heavy atom. The van der Waals surface area contributed by atoms with Crippen LogP contribution in [0.1, 0.15) is 13.8 Å². The third kappa shape index (κ3) is 5.25. The van der Waals surface area contributed by atoms with E-state index in [-0.39, 0.29) is 24.3 Å². The fraction of sp³-hybridized carbons (Fsp3) is 0.529. The molecular weight excluding hydrogens is 296 g/mol. The number of para-hydroxylation sites is 1. The van der Waals surface area contributed by atoms with Crippen molar-refractivity contribution in [3.63, 3.8) is 0 Å². The van der Waals surface area contributed by atoms with Gasteiger partial charge in [0.25, 0.3) is 5.91 Å². The van der Waals surface area contributed by atoms with E-state index < -0.39 is 6.04 Å². The van der Waals surface area contributed by atoms with Crippen LogP contribution in [0.15, 0.2) is 30.3 Å². The quantitative estimate of drug-likeness (QED) is 0.851. The molecule has 1 atom stereocenters. The van der Waals surface area contributed by atoms with Gasteiger partial charge in [-0.15, -0.1) is 0 Å². The van der Waals surface area contributed by atoms with Crippen LogP contribution in [0.4, 0.5) is 0 Å². The Bertz CT molecular complexity index is 513. The molecule has 0 spiro atoms. The monoisotopic (exact) mass is 320 g/mol. The normalized spacial score (nSPS) is 16.0. The number of hydrogen-bond acceptors (Lipinski definition) is 4. The fourth-order valence-electron chi connectivity index (χ4n) is 2.37. The molecule has 1 aromatic rings. The summed E-state index contributed by atoms with van der Waals surface area (Å²) < 4.78 is 10.7. The number of nitrogens with zero attached hydrogens (tertiary/aromatic N) is 1. The van der Waals surface area contributed by atoms with E-state index in [1.54, 1.807) is 17.0 Å². The van der Waals surface area contributed by atoms with Gasteiger partial charge in [0.05, 0.1) is 13.2 Å². The van der Waals surface area contributed by atoms with E-state index in [2.05, 4.69) is 5.32 Å². The molecule has 126 valence electrons. The Morgan fingerprint density at radius 2 is 1.87 bits per heavy atom. The summed E-state index contributed by atoms with van der Waals surface area (Å²) in [4.78, 5) is 26.4. The molecule has 0 saturated carbocycles. The molecule has 0 unspecified atom stereocenters. The van der Waals surface area contributed by atoms with E-state index in [0.29, 0.717) is 32.1 Å². The number of benzene rings is 1. The van der Waals surface area contributed by atoms with Crippen molar-refractivity contribution in [2.45, 2.75) is 19.9 Å². The summed E-state index contributed by atoms with van der Waals surface area (Å²) in [5.74, 6) is 0.278. The summed E-state index contributed by atoms with van der Waals surface area (Å²) in [5, 5.41) is 2.79. The van der Waals surface area contributed by atoms with E-state index in [0.717, 1.165) is 0 Å². The van der Waals surface area contributed by atoms with Gasteiger partial charge in [-0.1, -0.05) is 32.0 Å². The second-order valence-electron chi connectivity index (χ2n) is 5.83. The molecule has 1 heterocycles.